The number of hydrogen-bond donors (Lipinski definition) is 1. The monoisotopic (exact) mass is 244 g/mol. The van der Waals surface area contributed by atoms with Crippen molar-refractivity contribution in [1.29, 1.82) is 0 Å². The van der Waals surface area contributed by atoms with Crippen LogP contribution in [0.5, 0.6) is 0 Å². The van der Waals surface area contributed by atoms with Gasteiger partial charge in [0.15, 0.2) is 0 Å². The Kier molecular flexibility index (Phi) is 4.24. The van der Waals surface area contributed by atoms with Crippen molar-refractivity contribution in [3.05, 3.63) is 59.7 Å². The van der Waals surface area contributed by atoms with Crippen LogP contribution >= 0.6 is 11.8 Å². The van der Waals surface area contributed by atoms with Crippen molar-refractivity contribution < 1.29 is 5.11 Å². The second-order valence-electron chi connectivity index (χ2n) is 3.91. The van der Waals surface area contributed by atoms with E-state index in [0.717, 1.165) is 12.0 Å². The minimum absolute atomic E-state index is 0.107. The van der Waals surface area contributed by atoms with E-state index in [1.165, 1.54) is 15.4 Å². The average Bonchev–Trinajstić information content (AvgIpc) is 2.40. The number of hydrogen-bond acceptors (Lipinski definition) is 2. The highest BCUT2D eigenvalue weighted by Gasteiger charge is 1.98. The van der Waals surface area contributed by atoms with E-state index in [1.807, 2.05) is 12.1 Å². The Labute approximate surface area is 107 Å². The fraction of sp³-hybridized carbons (Fsp3) is 0.200. The van der Waals surface area contributed by atoms with Crippen LogP contribution in [0, 0.1) is 0 Å². The Morgan fingerprint density at radius 3 is 2.35 bits per heavy atom. The molecule has 0 atom stereocenters. The van der Waals surface area contributed by atoms with Crippen LogP contribution < -0.4 is 0 Å². The molecule has 0 bridgehead atoms. The Hall–Kier alpha value is -1.25. The van der Waals surface area contributed by atoms with Gasteiger partial charge in [0, 0.05) is 9.79 Å². The topological polar surface area (TPSA) is 20.2 Å². The van der Waals surface area contributed by atoms with Gasteiger partial charge in [-0.1, -0.05) is 43.0 Å². The van der Waals surface area contributed by atoms with Gasteiger partial charge in [-0.15, -0.1) is 0 Å². The second-order valence-corrected chi connectivity index (χ2v) is 5.05. The highest BCUT2D eigenvalue weighted by atomic mass is 32.2. The summed E-state index contributed by atoms with van der Waals surface area (Å²) in [6, 6.07) is 16.6. The number of rotatable bonds is 4. The van der Waals surface area contributed by atoms with Crippen LogP contribution in [0.25, 0.3) is 0 Å². The molecule has 0 fully saturated rings. The fourth-order valence-corrected chi connectivity index (χ4v) is 2.53. The maximum Gasteiger partial charge on any atom is 0.0681 e. The normalized spacial score (nSPS) is 10.5. The minimum atomic E-state index is 0.107. The number of aliphatic hydroxyl groups excluding tert-OH is 1. The summed E-state index contributed by atoms with van der Waals surface area (Å²) < 4.78 is 0. The molecule has 17 heavy (non-hydrogen) atoms. The van der Waals surface area contributed by atoms with E-state index in [4.69, 9.17) is 5.11 Å². The maximum atomic E-state index is 8.98. The summed E-state index contributed by atoms with van der Waals surface area (Å²) in [5.41, 5.74) is 2.32. The van der Waals surface area contributed by atoms with Crippen molar-refractivity contribution in [3.8, 4) is 0 Å². The molecular weight excluding hydrogens is 228 g/mol. The van der Waals surface area contributed by atoms with Crippen LogP contribution in [-0.4, -0.2) is 5.11 Å². The summed E-state index contributed by atoms with van der Waals surface area (Å²) in [5, 5.41) is 8.98. The molecule has 1 N–H and O–H groups in total. The van der Waals surface area contributed by atoms with Gasteiger partial charge in [0.1, 0.15) is 0 Å². The third-order valence-electron chi connectivity index (χ3n) is 2.65. The van der Waals surface area contributed by atoms with Gasteiger partial charge >= 0.3 is 0 Å². The van der Waals surface area contributed by atoms with E-state index >= 15 is 0 Å². The van der Waals surface area contributed by atoms with Gasteiger partial charge in [-0.2, -0.15) is 0 Å². The predicted molar refractivity (Wildman–Crippen MR) is 72.3 cm³/mol. The van der Waals surface area contributed by atoms with E-state index in [-0.39, 0.29) is 6.61 Å². The van der Waals surface area contributed by atoms with Crippen LogP contribution in [0.1, 0.15) is 18.1 Å². The molecule has 0 aliphatic rings. The lowest BCUT2D eigenvalue weighted by Gasteiger charge is -2.04. The summed E-state index contributed by atoms with van der Waals surface area (Å²) in [5.74, 6) is 0. The molecule has 0 saturated carbocycles. The van der Waals surface area contributed by atoms with Gasteiger partial charge in [-0.3, -0.25) is 0 Å². The Bertz CT molecular complexity index is 477. The molecule has 88 valence electrons. The number of benzene rings is 2. The molecule has 0 amide bonds. The molecule has 2 heteroatoms. The van der Waals surface area contributed by atoms with Gasteiger partial charge in [0.2, 0.25) is 0 Å². The van der Waals surface area contributed by atoms with Crippen LogP contribution in [0.3, 0.4) is 0 Å². The molecule has 2 aromatic carbocycles. The molecule has 0 aliphatic carbocycles. The average molecular weight is 244 g/mol. The second kappa shape index (κ2) is 5.89. The van der Waals surface area contributed by atoms with Crippen LogP contribution in [0.2, 0.25) is 0 Å². The lowest BCUT2D eigenvalue weighted by Crippen LogP contribution is -1.83. The summed E-state index contributed by atoms with van der Waals surface area (Å²) in [6.45, 7) is 2.27. The third-order valence-corrected chi connectivity index (χ3v) is 3.65. The lowest BCUT2D eigenvalue weighted by atomic mass is 10.2. The molecule has 1 nitrogen and oxygen atoms in total. The molecule has 0 saturated heterocycles. The van der Waals surface area contributed by atoms with E-state index in [0.29, 0.717) is 0 Å². The largest absolute Gasteiger partial charge is 0.392 e. The van der Waals surface area contributed by atoms with Crippen molar-refractivity contribution in [2.75, 3.05) is 0 Å². The highest BCUT2D eigenvalue weighted by Crippen LogP contribution is 2.28. The van der Waals surface area contributed by atoms with E-state index in [2.05, 4.69) is 43.3 Å². The predicted octanol–water partition coefficient (Wildman–Crippen LogP) is 3.89. The van der Waals surface area contributed by atoms with E-state index < -0.39 is 0 Å². The van der Waals surface area contributed by atoms with Crippen LogP contribution in [0.15, 0.2) is 58.3 Å². The van der Waals surface area contributed by atoms with E-state index in [1.54, 1.807) is 11.8 Å². The summed E-state index contributed by atoms with van der Waals surface area (Å²) in [6.07, 6.45) is 1.07. The smallest absolute Gasteiger partial charge is 0.0681 e. The molecule has 2 aromatic rings. The highest BCUT2D eigenvalue weighted by molar-refractivity contribution is 7.99. The lowest BCUT2D eigenvalue weighted by molar-refractivity contribution is 0.282. The molecular formula is C15H16OS. The first-order valence-electron chi connectivity index (χ1n) is 5.78. The van der Waals surface area contributed by atoms with Gasteiger partial charge in [-0.05, 0) is 41.8 Å². The zero-order valence-corrected chi connectivity index (χ0v) is 10.7. The first kappa shape index (κ1) is 12.2. The SMILES string of the molecule is CCc1cccc(Sc2ccc(CO)cc2)c1. The van der Waals surface area contributed by atoms with Crippen molar-refractivity contribution in [1.82, 2.24) is 0 Å². The molecule has 0 spiro atoms. The minimum Gasteiger partial charge on any atom is -0.392 e. The summed E-state index contributed by atoms with van der Waals surface area (Å²) in [7, 11) is 0. The summed E-state index contributed by atoms with van der Waals surface area (Å²) in [4.78, 5) is 2.47. The summed E-state index contributed by atoms with van der Waals surface area (Å²) >= 11 is 1.75. The van der Waals surface area contributed by atoms with Gasteiger partial charge < -0.3 is 5.11 Å². The number of aryl methyl sites for hydroxylation is 1. The Morgan fingerprint density at radius 2 is 1.71 bits per heavy atom. The van der Waals surface area contributed by atoms with Crippen molar-refractivity contribution in [2.45, 2.75) is 29.7 Å². The first-order valence-corrected chi connectivity index (χ1v) is 6.60. The van der Waals surface area contributed by atoms with Gasteiger partial charge in [-0.25, -0.2) is 0 Å². The van der Waals surface area contributed by atoms with Gasteiger partial charge in [0.05, 0.1) is 6.61 Å². The van der Waals surface area contributed by atoms with Crippen molar-refractivity contribution in [2.24, 2.45) is 0 Å². The zero-order chi connectivity index (χ0) is 12.1. The first-order chi connectivity index (χ1) is 8.31. The van der Waals surface area contributed by atoms with Gasteiger partial charge in [0.25, 0.3) is 0 Å². The van der Waals surface area contributed by atoms with Crippen molar-refractivity contribution >= 4 is 11.8 Å². The quantitative estimate of drug-likeness (QED) is 0.880. The Morgan fingerprint density at radius 1 is 0.941 bits per heavy atom. The molecule has 0 radical (unpaired) electrons. The third kappa shape index (κ3) is 3.35. The van der Waals surface area contributed by atoms with Crippen molar-refractivity contribution in [3.63, 3.8) is 0 Å². The van der Waals surface area contributed by atoms with E-state index in [9.17, 15) is 0 Å². The zero-order valence-electron chi connectivity index (χ0n) is 9.89. The Balaban J connectivity index is 2.13. The number of aliphatic hydroxyl groups is 1. The fourth-order valence-electron chi connectivity index (χ4n) is 1.63. The molecule has 0 aromatic heterocycles. The standard InChI is InChI=1S/C15H16OS/c1-2-12-4-3-5-15(10-12)17-14-8-6-13(11-16)7-9-14/h3-10,16H,2,11H2,1H3. The maximum absolute atomic E-state index is 8.98. The van der Waals surface area contributed by atoms with Crippen LogP contribution in [0.4, 0.5) is 0 Å². The van der Waals surface area contributed by atoms with Crippen LogP contribution in [-0.2, 0) is 13.0 Å². The molecule has 2 rings (SSSR count). The molecule has 0 heterocycles. The molecule has 0 unspecified atom stereocenters. The molecule has 0 aliphatic heterocycles.